The van der Waals surface area contributed by atoms with Crippen LogP contribution in [0.15, 0.2) is 54.6 Å². The van der Waals surface area contributed by atoms with E-state index in [1.807, 2.05) is 24.3 Å². The quantitative estimate of drug-likeness (QED) is 0.266. The topological polar surface area (TPSA) is 103 Å². The fraction of sp³-hybridized carbons (Fsp3) is 0.513. The van der Waals surface area contributed by atoms with Crippen molar-refractivity contribution < 1.29 is 19.4 Å². The smallest absolute Gasteiger partial charge is 0.319 e. The van der Waals surface area contributed by atoms with Gasteiger partial charge in [0.15, 0.2) is 0 Å². The Morgan fingerprint density at radius 2 is 1.78 bits per heavy atom. The molecule has 4 aromatic rings. The number of rotatable bonds is 6. The summed E-state index contributed by atoms with van der Waals surface area (Å²) in [7, 11) is 0. The molecule has 2 amide bonds. The number of hydrogen-bond acceptors (Lipinski definition) is 8. The predicted octanol–water partition coefficient (Wildman–Crippen LogP) is 5.85. The van der Waals surface area contributed by atoms with Gasteiger partial charge in [0.05, 0.1) is 41.4 Å². The Hall–Kier alpha value is -4.15. The molecule has 0 saturated carbocycles. The molecule has 2 N–H and O–H groups in total. The summed E-state index contributed by atoms with van der Waals surface area (Å²) in [6.07, 6.45) is 10.3. The van der Waals surface area contributed by atoms with Crippen LogP contribution < -0.4 is 15.0 Å². The zero-order valence-corrected chi connectivity index (χ0v) is 27.9. The maximum atomic E-state index is 13.7. The van der Waals surface area contributed by atoms with Crippen LogP contribution in [0.3, 0.4) is 0 Å². The summed E-state index contributed by atoms with van der Waals surface area (Å²) < 4.78 is 12.6. The van der Waals surface area contributed by atoms with E-state index in [2.05, 4.69) is 44.3 Å². The van der Waals surface area contributed by atoms with Gasteiger partial charge in [-0.3, -0.25) is 4.90 Å². The van der Waals surface area contributed by atoms with Crippen LogP contribution in [0, 0.1) is 0 Å². The van der Waals surface area contributed by atoms with Crippen molar-refractivity contribution in [3.8, 4) is 22.9 Å². The summed E-state index contributed by atoms with van der Waals surface area (Å²) in [6, 6.07) is 19.0. The minimum atomic E-state index is 0.0600. The number of phenols is 1. The lowest BCUT2D eigenvalue weighted by atomic mass is 9.95. The van der Waals surface area contributed by atoms with Gasteiger partial charge >= 0.3 is 12.0 Å². The van der Waals surface area contributed by atoms with Crippen LogP contribution in [-0.2, 0) is 4.74 Å². The maximum Gasteiger partial charge on any atom is 0.319 e. The van der Waals surface area contributed by atoms with E-state index in [1.54, 1.807) is 6.07 Å². The third-order valence-electron chi connectivity index (χ3n) is 12.5. The normalized spacial score (nSPS) is 28.5. The Morgan fingerprint density at radius 3 is 2.55 bits per heavy atom. The van der Waals surface area contributed by atoms with Gasteiger partial charge in [-0.25, -0.2) is 4.79 Å². The van der Waals surface area contributed by atoms with Crippen molar-refractivity contribution >= 4 is 33.5 Å². The predicted molar refractivity (Wildman–Crippen MR) is 188 cm³/mol. The Kier molecular flexibility index (Phi) is 6.95. The van der Waals surface area contributed by atoms with Gasteiger partial charge in [0.2, 0.25) is 0 Å². The standard InChI is InChI=1S/C39H44N6O4/c46-28-17-24-5-1-2-6-30(24)32(19-28)25-7-11-31-33(18-25)40-37(48-23-39-13-3-15-44(39)16-4-14-39)42-36(31)43-21-26-8-9-27(22-43)45(26)38(47)41-34-20-29-10-12-35(34)49-29/h1-2,5-7,11,17-19,26-27,29,34-35,46H,3-4,8-10,12-16,20-23H2,(H,41,47)/t26-,27+,29-,34-,35+/m1/s1. The minimum Gasteiger partial charge on any atom is -0.508 e. The van der Waals surface area contributed by atoms with Crippen molar-refractivity contribution in [1.82, 2.24) is 25.1 Å². The molecule has 1 aromatic heterocycles. The first-order valence-corrected chi connectivity index (χ1v) is 18.4. The van der Waals surface area contributed by atoms with Crippen molar-refractivity contribution in [2.75, 3.05) is 37.7 Å². The molecule has 0 spiro atoms. The summed E-state index contributed by atoms with van der Waals surface area (Å²) in [5, 5.41) is 17.0. The average molecular weight is 661 g/mol. The zero-order valence-electron chi connectivity index (χ0n) is 27.9. The van der Waals surface area contributed by atoms with Crippen molar-refractivity contribution in [1.29, 1.82) is 0 Å². The number of ether oxygens (including phenoxy) is 2. The fourth-order valence-electron chi connectivity index (χ4n) is 10.2. The summed E-state index contributed by atoms with van der Waals surface area (Å²) in [6.45, 7) is 4.33. The second-order valence-corrected chi connectivity index (χ2v) is 15.3. The van der Waals surface area contributed by atoms with Gasteiger partial charge in [0, 0.05) is 18.5 Å². The molecule has 5 atom stereocenters. The van der Waals surface area contributed by atoms with Gasteiger partial charge in [-0.2, -0.15) is 9.97 Å². The molecule has 0 aliphatic carbocycles. The van der Waals surface area contributed by atoms with E-state index in [4.69, 9.17) is 19.4 Å². The molecule has 3 aromatic carbocycles. The second kappa shape index (κ2) is 11.5. The van der Waals surface area contributed by atoms with Crippen LogP contribution in [0.4, 0.5) is 10.6 Å². The highest BCUT2D eigenvalue weighted by Crippen LogP contribution is 2.41. The Morgan fingerprint density at radius 1 is 0.959 bits per heavy atom. The highest BCUT2D eigenvalue weighted by Gasteiger charge is 2.47. The molecule has 254 valence electrons. The molecule has 10 rings (SSSR count). The van der Waals surface area contributed by atoms with Crippen molar-refractivity contribution in [2.24, 2.45) is 0 Å². The summed E-state index contributed by atoms with van der Waals surface area (Å²) in [5.74, 6) is 1.11. The van der Waals surface area contributed by atoms with Gasteiger partial charge in [0.1, 0.15) is 18.2 Å². The summed E-state index contributed by atoms with van der Waals surface area (Å²) in [5.41, 5.74) is 2.85. The number of carbonyl (C=O) groups excluding carboxylic acids is 1. The molecule has 4 bridgehead atoms. The molecule has 10 nitrogen and oxygen atoms in total. The number of phenolic OH excluding ortho intramolecular Hbond substituents is 1. The molecule has 49 heavy (non-hydrogen) atoms. The highest BCUT2D eigenvalue weighted by atomic mass is 16.5. The van der Waals surface area contributed by atoms with Gasteiger partial charge < -0.3 is 29.7 Å². The van der Waals surface area contributed by atoms with E-state index in [-0.39, 0.29) is 41.5 Å². The number of nitrogens with one attached hydrogen (secondary N) is 1. The highest BCUT2D eigenvalue weighted by molar-refractivity contribution is 6.01. The van der Waals surface area contributed by atoms with Crippen LogP contribution in [0.2, 0.25) is 0 Å². The largest absolute Gasteiger partial charge is 0.508 e. The number of urea groups is 1. The van der Waals surface area contributed by atoms with Gasteiger partial charge in [-0.15, -0.1) is 0 Å². The monoisotopic (exact) mass is 660 g/mol. The first-order chi connectivity index (χ1) is 24.0. The molecule has 6 aliphatic rings. The van der Waals surface area contributed by atoms with E-state index < -0.39 is 0 Å². The van der Waals surface area contributed by atoms with Gasteiger partial charge in [-0.1, -0.05) is 30.3 Å². The molecule has 6 saturated heterocycles. The number of carbonyl (C=O) groups is 1. The number of benzene rings is 3. The lowest BCUT2D eigenvalue weighted by molar-refractivity contribution is 0.0956. The Balaban J connectivity index is 0.985. The fourth-order valence-corrected chi connectivity index (χ4v) is 10.2. The number of fused-ring (bicyclic) bond motifs is 7. The van der Waals surface area contributed by atoms with Crippen molar-refractivity contribution in [3.05, 3.63) is 54.6 Å². The van der Waals surface area contributed by atoms with E-state index in [0.717, 1.165) is 110 Å². The van der Waals surface area contributed by atoms with Crippen LogP contribution >= 0.6 is 0 Å². The number of amides is 2. The van der Waals surface area contributed by atoms with Crippen LogP contribution in [-0.4, -0.2) is 99.6 Å². The van der Waals surface area contributed by atoms with Crippen molar-refractivity contribution in [3.63, 3.8) is 0 Å². The number of piperazine rings is 1. The number of hydrogen-bond donors (Lipinski definition) is 2. The zero-order chi connectivity index (χ0) is 32.7. The van der Waals surface area contributed by atoms with Crippen molar-refractivity contribution in [2.45, 2.75) is 93.7 Å². The van der Waals surface area contributed by atoms with E-state index in [1.165, 1.54) is 12.8 Å². The molecule has 10 heteroatoms. The number of nitrogens with zero attached hydrogens (tertiary/aromatic N) is 5. The summed E-state index contributed by atoms with van der Waals surface area (Å²) in [4.78, 5) is 30.9. The second-order valence-electron chi connectivity index (χ2n) is 15.3. The van der Waals surface area contributed by atoms with Gasteiger partial charge in [-0.05, 0) is 117 Å². The third kappa shape index (κ3) is 5.01. The lowest BCUT2D eigenvalue weighted by Gasteiger charge is -2.42. The Bertz CT molecular complexity index is 1930. The Labute approximate surface area is 286 Å². The molecule has 7 heterocycles. The molecule has 0 radical (unpaired) electrons. The third-order valence-corrected chi connectivity index (χ3v) is 12.5. The average Bonchev–Trinajstić information content (AvgIpc) is 3.94. The minimum absolute atomic E-state index is 0.0600. The van der Waals surface area contributed by atoms with Crippen LogP contribution in [0.5, 0.6) is 11.8 Å². The molecular weight excluding hydrogens is 616 g/mol. The number of anilines is 1. The van der Waals surface area contributed by atoms with E-state index in [9.17, 15) is 9.90 Å². The maximum absolute atomic E-state index is 13.7. The molecular formula is C39H44N6O4. The molecule has 6 aliphatic heterocycles. The van der Waals surface area contributed by atoms with Crippen LogP contribution in [0.25, 0.3) is 32.8 Å². The molecule has 0 unspecified atom stereocenters. The van der Waals surface area contributed by atoms with Crippen LogP contribution in [0.1, 0.15) is 57.8 Å². The number of aromatic hydroxyl groups is 1. The van der Waals surface area contributed by atoms with E-state index in [0.29, 0.717) is 18.7 Å². The number of aromatic nitrogens is 2. The van der Waals surface area contributed by atoms with Gasteiger partial charge in [0.25, 0.3) is 0 Å². The SMILES string of the molecule is O=C(N[C@@H]1C[C@H]2CC[C@@H]1O2)N1[C@@H]2CC[C@H]1CN(c1nc(OCC34CCCN3CCC4)nc3cc(-c4cc(O)cc5ccccc45)ccc13)C2. The lowest BCUT2D eigenvalue weighted by Crippen LogP contribution is -2.60. The molecule has 6 fully saturated rings. The van der Waals surface area contributed by atoms with E-state index >= 15 is 0 Å². The first-order valence-electron chi connectivity index (χ1n) is 18.4. The summed E-state index contributed by atoms with van der Waals surface area (Å²) >= 11 is 0. The first kappa shape index (κ1) is 29.7.